The van der Waals surface area contributed by atoms with Crippen LogP contribution in [0, 0.1) is 0 Å². The van der Waals surface area contributed by atoms with Crippen LogP contribution in [0.5, 0.6) is 0 Å². The number of ether oxygens (including phenoxy) is 2. The van der Waals surface area contributed by atoms with Gasteiger partial charge in [0, 0.05) is 17.8 Å². The second kappa shape index (κ2) is 11.2. The quantitative estimate of drug-likeness (QED) is 0.647. The molecule has 0 spiro atoms. The van der Waals surface area contributed by atoms with Crippen LogP contribution in [0.2, 0.25) is 0 Å². The minimum Gasteiger partial charge on any atom is -0.478 e. The second-order valence-electron chi connectivity index (χ2n) is 5.90. The third kappa shape index (κ3) is 8.86. The molecule has 25 heavy (non-hydrogen) atoms. The highest BCUT2D eigenvalue weighted by molar-refractivity contribution is 5.87. The van der Waals surface area contributed by atoms with Gasteiger partial charge in [0.05, 0.1) is 6.10 Å². The predicted molar refractivity (Wildman–Crippen MR) is 96.0 cm³/mol. The van der Waals surface area contributed by atoms with E-state index in [1.165, 1.54) is 0 Å². The molecule has 1 aromatic rings. The highest BCUT2D eigenvalue weighted by Gasteiger charge is 2.12. The third-order valence-corrected chi connectivity index (χ3v) is 3.55. The summed E-state index contributed by atoms with van der Waals surface area (Å²) in [4.78, 5) is 21.4. The van der Waals surface area contributed by atoms with E-state index in [9.17, 15) is 9.59 Å². The maximum absolute atomic E-state index is 11.0. The molecule has 1 N–H and O–H groups in total. The van der Waals surface area contributed by atoms with Gasteiger partial charge in [0.15, 0.2) is 0 Å². The molecule has 0 radical (unpaired) electrons. The fourth-order valence-corrected chi connectivity index (χ4v) is 2.09. The number of rotatable bonds is 5. The molecule has 1 heterocycles. The standard InChI is InChI=1S/C11H12O2.C9H14O3/c1-9(2)11(12)13-8-10-6-4-3-5-7-10;1-7(9(10)11)6-8-4-2-3-5-12-8/h3-7H,1,8H2,2H3;6,8H,2-5H2,1H3,(H,10,11). The summed E-state index contributed by atoms with van der Waals surface area (Å²) >= 11 is 0. The lowest BCUT2D eigenvalue weighted by Gasteiger charge is -2.19. The summed E-state index contributed by atoms with van der Waals surface area (Å²) in [6, 6.07) is 9.55. The van der Waals surface area contributed by atoms with Crippen molar-refractivity contribution >= 4 is 11.9 Å². The minimum absolute atomic E-state index is 0.0230. The van der Waals surface area contributed by atoms with Gasteiger partial charge in [0.25, 0.3) is 0 Å². The number of hydrogen-bond donors (Lipinski definition) is 1. The highest BCUT2D eigenvalue weighted by Crippen LogP contribution is 2.15. The van der Waals surface area contributed by atoms with Gasteiger partial charge in [-0.3, -0.25) is 0 Å². The van der Waals surface area contributed by atoms with Gasteiger partial charge in [0.2, 0.25) is 0 Å². The minimum atomic E-state index is -0.857. The first-order chi connectivity index (χ1) is 11.9. The maximum atomic E-state index is 11.0. The number of carbonyl (C=O) groups is 2. The van der Waals surface area contributed by atoms with Gasteiger partial charge >= 0.3 is 11.9 Å². The summed E-state index contributed by atoms with van der Waals surface area (Å²) in [5.41, 5.74) is 1.79. The molecule has 1 aliphatic heterocycles. The molecule has 1 aliphatic rings. The molecule has 1 aromatic carbocycles. The second-order valence-corrected chi connectivity index (χ2v) is 5.90. The Morgan fingerprint density at radius 3 is 2.48 bits per heavy atom. The molecule has 0 amide bonds. The fourth-order valence-electron chi connectivity index (χ4n) is 2.09. The van der Waals surface area contributed by atoms with E-state index in [1.54, 1.807) is 19.9 Å². The van der Waals surface area contributed by atoms with Gasteiger partial charge < -0.3 is 14.6 Å². The Hall–Kier alpha value is -2.40. The number of carboxylic acids is 1. The van der Waals surface area contributed by atoms with E-state index >= 15 is 0 Å². The van der Waals surface area contributed by atoms with Crippen LogP contribution >= 0.6 is 0 Å². The third-order valence-electron chi connectivity index (χ3n) is 3.55. The zero-order valence-corrected chi connectivity index (χ0v) is 14.9. The van der Waals surface area contributed by atoms with Gasteiger partial charge in [0.1, 0.15) is 6.61 Å². The molecule has 1 fully saturated rings. The number of benzene rings is 1. The summed E-state index contributed by atoms with van der Waals surface area (Å²) in [5.74, 6) is -1.20. The van der Waals surface area contributed by atoms with Gasteiger partial charge in [-0.15, -0.1) is 0 Å². The monoisotopic (exact) mass is 346 g/mol. The molecule has 1 unspecified atom stereocenters. The Morgan fingerprint density at radius 1 is 1.28 bits per heavy atom. The lowest BCUT2D eigenvalue weighted by molar-refractivity contribution is -0.140. The van der Waals surface area contributed by atoms with Crippen molar-refractivity contribution in [3.8, 4) is 0 Å². The fraction of sp³-hybridized carbons (Fsp3) is 0.400. The van der Waals surface area contributed by atoms with E-state index in [-0.39, 0.29) is 12.1 Å². The molecule has 1 saturated heterocycles. The average Bonchev–Trinajstić information content (AvgIpc) is 2.61. The zero-order chi connectivity index (χ0) is 18.7. The van der Waals surface area contributed by atoms with Crippen LogP contribution in [0.4, 0.5) is 0 Å². The molecule has 1 atom stereocenters. The Bertz CT molecular complexity index is 598. The van der Waals surface area contributed by atoms with E-state index in [0.717, 1.165) is 31.4 Å². The van der Waals surface area contributed by atoms with Crippen molar-refractivity contribution in [1.82, 2.24) is 0 Å². The Labute approximate surface area is 149 Å². The summed E-state index contributed by atoms with van der Waals surface area (Å²) in [7, 11) is 0. The molecule has 0 aliphatic carbocycles. The predicted octanol–water partition coefficient (Wildman–Crippen LogP) is 3.89. The first kappa shape index (κ1) is 20.6. The molecule has 136 valence electrons. The van der Waals surface area contributed by atoms with Crippen LogP contribution in [-0.4, -0.2) is 29.8 Å². The van der Waals surface area contributed by atoms with Crippen LogP contribution in [0.25, 0.3) is 0 Å². The van der Waals surface area contributed by atoms with E-state index < -0.39 is 5.97 Å². The van der Waals surface area contributed by atoms with Gasteiger partial charge in [-0.2, -0.15) is 0 Å². The Balaban J connectivity index is 0.000000251. The number of carboxylic acid groups (broad SMARTS) is 1. The SMILES string of the molecule is C=C(C)C(=O)OCc1ccccc1.CC(=CC1CCCCO1)C(=O)O. The first-order valence-corrected chi connectivity index (χ1v) is 8.30. The number of esters is 1. The topological polar surface area (TPSA) is 72.8 Å². The number of carbonyl (C=O) groups excluding carboxylic acids is 1. The van der Waals surface area contributed by atoms with Gasteiger partial charge in [-0.1, -0.05) is 36.9 Å². The molecule has 5 heteroatoms. The largest absolute Gasteiger partial charge is 0.478 e. The van der Waals surface area contributed by atoms with Crippen molar-refractivity contribution in [2.75, 3.05) is 6.61 Å². The molecule has 5 nitrogen and oxygen atoms in total. The smallest absolute Gasteiger partial charge is 0.333 e. The lowest BCUT2D eigenvalue weighted by Crippen LogP contribution is -2.17. The molecular weight excluding hydrogens is 320 g/mol. The van der Waals surface area contributed by atoms with Crippen molar-refractivity contribution in [1.29, 1.82) is 0 Å². The Kier molecular flexibility index (Phi) is 9.25. The van der Waals surface area contributed by atoms with Crippen molar-refractivity contribution in [2.24, 2.45) is 0 Å². The summed E-state index contributed by atoms with van der Waals surface area (Å²) < 4.78 is 10.3. The van der Waals surface area contributed by atoms with Crippen LogP contribution in [0.3, 0.4) is 0 Å². The molecular formula is C20H26O5. The van der Waals surface area contributed by atoms with Crippen LogP contribution < -0.4 is 0 Å². The number of hydrogen-bond acceptors (Lipinski definition) is 4. The Morgan fingerprint density at radius 2 is 1.96 bits per heavy atom. The van der Waals surface area contributed by atoms with Gasteiger partial charge in [-0.05, 0) is 44.7 Å². The van der Waals surface area contributed by atoms with Crippen molar-refractivity contribution in [2.45, 2.75) is 45.8 Å². The highest BCUT2D eigenvalue weighted by atomic mass is 16.5. The molecule has 2 rings (SSSR count). The molecule has 0 aromatic heterocycles. The van der Waals surface area contributed by atoms with E-state index in [1.807, 2.05) is 30.3 Å². The van der Waals surface area contributed by atoms with E-state index in [4.69, 9.17) is 14.6 Å². The average molecular weight is 346 g/mol. The summed E-state index contributed by atoms with van der Waals surface area (Å²) in [6.45, 7) is 7.79. The van der Waals surface area contributed by atoms with Gasteiger partial charge in [-0.25, -0.2) is 9.59 Å². The van der Waals surface area contributed by atoms with Crippen molar-refractivity contribution < 1.29 is 24.2 Å². The number of aliphatic carboxylic acids is 1. The van der Waals surface area contributed by atoms with Crippen molar-refractivity contribution in [3.05, 3.63) is 59.7 Å². The maximum Gasteiger partial charge on any atom is 0.333 e. The summed E-state index contributed by atoms with van der Waals surface area (Å²) in [5, 5.41) is 8.59. The van der Waals surface area contributed by atoms with E-state index in [0.29, 0.717) is 17.8 Å². The zero-order valence-electron chi connectivity index (χ0n) is 14.9. The normalized spacial score (nSPS) is 17.0. The molecule has 0 saturated carbocycles. The lowest BCUT2D eigenvalue weighted by atomic mass is 10.1. The van der Waals surface area contributed by atoms with Crippen LogP contribution in [0.15, 0.2) is 54.1 Å². The van der Waals surface area contributed by atoms with Crippen LogP contribution in [-0.2, 0) is 25.7 Å². The van der Waals surface area contributed by atoms with Crippen molar-refractivity contribution in [3.63, 3.8) is 0 Å². The van der Waals surface area contributed by atoms with Crippen LogP contribution in [0.1, 0.15) is 38.7 Å². The first-order valence-electron chi connectivity index (χ1n) is 8.30. The molecule has 0 bridgehead atoms. The van der Waals surface area contributed by atoms with E-state index in [2.05, 4.69) is 6.58 Å². The summed E-state index contributed by atoms with van der Waals surface area (Å²) in [6.07, 6.45) is 4.89.